The molecule has 1 saturated heterocycles. The van der Waals surface area contributed by atoms with Gasteiger partial charge < -0.3 is 14.8 Å². The first-order valence-electron chi connectivity index (χ1n) is 11.2. The Hall–Kier alpha value is -2.71. The number of halogens is 2. The number of aromatic nitrogens is 3. The lowest BCUT2D eigenvalue weighted by molar-refractivity contribution is 0.0537. The van der Waals surface area contributed by atoms with Crippen LogP contribution in [-0.4, -0.2) is 50.7 Å². The number of anilines is 1. The zero-order valence-electron chi connectivity index (χ0n) is 19.0. The van der Waals surface area contributed by atoms with Gasteiger partial charge in [0.15, 0.2) is 0 Å². The number of amides is 1. The van der Waals surface area contributed by atoms with E-state index in [2.05, 4.69) is 10.4 Å². The van der Waals surface area contributed by atoms with Crippen molar-refractivity contribution in [2.75, 3.05) is 18.4 Å². The summed E-state index contributed by atoms with van der Waals surface area (Å²) in [6.07, 6.45) is 0.861. The number of nitrogens with zero attached hydrogens (tertiary/aromatic N) is 4. The Morgan fingerprint density at radius 2 is 1.91 bits per heavy atom. The number of hydrogen-bond donors (Lipinski definition) is 1. The van der Waals surface area contributed by atoms with Crippen LogP contribution in [0.1, 0.15) is 62.1 Å². The lowest BCUT2D eigenvalue weighted by Crippen LogP contribution is -2.46. The standard InChI is InChI=1S/C23H31F2N5O2/c1-23(2,3)18-13-19-26-16(12-17(21(24)25)30(19)27-18)14-6-9-29(10-7-14)22(32)15-5-8-28(4)20(31)11-15/h5,8,11,13-14,16-17,21,26H,6-7,9-10,12H2,1-4H3/t16-,17+/m0/s1. The fourth-order valence-electron chi connectivity index (χ4n) is 4.62. The van der Waals surface area contributed by atoms with Gasteiger partial charge in [0.2, 0.25) is 0 Å². The highest BCUT2D eigenvalue weighted by Crippen LogP contribution is 2.38. The molecular formula is C23H31F2N5O2. The Morgan fingerprint density at radius 3 is 2.50 bits per heavy atom. The molecule has 2 aliphatic rings. The monoisotopic (exact) mass is 447 g/mol. The van der Waals surface area contributed by atoms with Gasteiger partial charge in [-0.2, -0.15) is 5.10 Å². The quantitative estimate of drug-likeness (QED) is 0.783. The van der Waals surface area contributed by atoms with Crippen LogP contribution in [0, 0.1) is 5.92 Å². The number of carbonyl (C=O) groups is 1. The Morgan fingerprint density at radius 1 is 1.22 bits per heavy atom. The molecule has 4 heterocycles. The summed E-state index contributed by atoms with van der Waals surface area (Å²) in [4.78, 5) is 26.4. The molecule has 7 nitrogen and oxygen atoms in total. The summed E-state index contributed by atoms with van der Waals surface area (Å²) in [5, 5.41) is 7.93. The second-order valence-corrected chi connectivity index (χ2v) is 9.99. The normalized spacial score (nSPS) is 22.0. The minimum atomic E-state index is -2.49. The van der Waals surface area contributed by atoms with Gasteiger partial charge in [0.05, 0.1) is 5.69 Å². The van der Waals surface area contributed by atoms with Crippen molar-refractivity contribution < 1.29 is 13.6 Å². The maximum Gasteiger partial charge on any atom is 0.260 e. The third-order valence-corrected chi connectivity index (χ3v) is 6.68. The van der Waals surface area contributed by atoms with E-state index in [1.807, 2.05) is 26.8 Å². The topological polar surface area (TPSA) is 72.2 Å². The zero-order chi connectivity index (χ0) is 23.2. The van der Waals surface area contributed by atoms with Crippen molar-refractivity contribution in [2.45, 2.75) is 64.0 Å². The molecule has 1 amide bonds. The summed E-state index contributed by atoms with van der Waals surface area (Å²) in [6, 6.07) is 3.86. The molecule has 0 spiro atoms. The van der Waals surface area contributed by atoms with E-state index in [0.29, 0.717) is 30.9 Å². The van der Waals surface area contributed by atoms with Crippen molar-refractivity contribution in [3.05, 3.63) is 46.0 Å². The summed E-state index contributed by atoms with van der Waals surface area (Å²) in [5.74, 6) is 0.678. The van der Waals surface area contributed by atoms with Crippen LogP contribution in [-0.2, 0) is 12.5 Å². The first-order valence-corrected chi connectivity index (χ1v) is 11.2. The second-order valence-electron chi connectivity index (χ2n) is 9.99. The molecule has 2 aromatic rings. The predicted molar refractivity (Wildman–Crippen MR) is 118 cm³/mol. The summed E-state index contributed by atoms with van der Waals surface area (Å²) in [6.45, 7) is 7.15. The van der Waals surface area contributed by atoms with Crippen molar-refractivity contribution in [1.29, 1.82) is 0 Å². The van der Waals surface area contributed by atoms with E-state index in [4.69, 9.17) is 0 Å². The smallest absolute Gasteiger partial charge is 0.260 e. The third-order valence-electron chi connectivity index (χ3n) is 6.68. The molecular weight excluding hydrogens is 416 g/mol. The SMILES string of the molecule is Cn1ccc(C(=O)N2CCC([C@@H]3C[C@H](C(F)F)n4nc(C(C)(C)C)cc4N3)CC2)cc1=O. The molecule has 2 atom stereocenters. The number of rotatable bonds is 3. The minimum Gasteiger partial charge on any atom is -0.367 e. The largest absolute Gasteiger partial charge is 0.367 e. The molecule has 0 radical (unpaired) electrons. The Labute approximate surface area is 186 Å². The number of hydrogen-bond acceptors (Lipinski definition) is 4. The molecule has 32 heavy (non-hydrogen) atoms. The van der Waals surface area contributed by atoms with Crippen molar-refractivity contribution in [3.63, 3.8) is 0 Å². The van der Waals surface area contributed by atoms with E-state index >= 15 is 0 Å². The molecule has 1 fully saturated rings. The molecule has 4 rings (SSSR count). The van der Waals surface area contributed by atoms with Crippen LogP contribution >= 0.6 is 0 Å². The van der Waals surface area contributed by atoms with Gasteiger partial charge in [-0.15, -0.1) is 0 Å². The number of alkyl halides is 2. The minimum absolute atomic E-state index is 0.0905. The summed E-state index contributed by atoms with van der Waals surface area (Å²) < 4.78 is 30.7. The molecule has 9 heteroatoms. The molecule has 2 aromatic heterocycles. The Kier molecular flexibility index (Phi) is 5.85. The van der Waals surface area contributed by atoms with Crippen LogP contribution in [0.2, 0.25) is 0 Å². The van der Waals surface area contributed by atoms with Crippen molar-refractivity contribution >= 4 is 11.7 Å². The maximum atomic E-state index is 13.9. The molecule has 2 aliphatic heterocycles. The molecule has 174 valence electrons. The summed E-state index contributed by atoms with van der Waals surface area (Å²) >= 11 is 0. The van der Waals surface area contributed by atoms with Crippen LogP contribution in [0.25, 0.3) is 0 Å². The van der Waals surface area contributed by atoms with Gasteiger partial charge in [-0.25, -0.2) is 13.5 Å². The van der Waals surface area contributed by atoms with E-state index in [0.717, 1.165) is 18.5 Å². The van der Waals surface area contributed by atoms with Crippen LogP contribution in [0.5, 0.6) is 0 Å². The molecule has 0 aliphatic carbocycles. The highest BCUT2D eigenvalue weighted by Gasteiger charge is 2.39. The molecule has 0 unspecified atom stereocenters. The van der Waals surface area contributed by atoms with Crippen LogP contribution in [0.3, 0.4) is 0 Å². The number of piperidine rings is 1. The van der Waals surface area contributed by atoms with E-state index in [1.165, 1.54) is 15.3 Å². The van der Waals surface area contributed by atoms with Crippen LogP contribution in [0.4, 0.5) is 14.6 Å². The number of carbonyl (C=O) groups excluding carboxylic acids is 1. The van der Waals surface area contributed by atoms with E-state index in [1.54, 1.807) is 24.2 Å². The fraction of sp³-hybridized carbons (Fsp3) is 0.609. The van der Waals surface area contributed by atoms with Gasteiger partial charge in [0, 0.05) is 55.5 Å². The van der Waals surface area contributed by atoms with Crippen LogP contribution < -0.4 is 10.9 Å². The van der Waals surface area contributed by atoms with E-state index < -0.39 is 12.5 Å². The first kappa shape index (κ1) is 22.5. The molecule has 0 bridgehead atoms. The van der Waals surface area contributed by atoms with Crippen molar-refractivity contribution in [3.8, 4) is 0 Å². The van der Waals surface area contributed by atoms with Gasteiger partial charge in [0.25, 0.3) is 17.9 Å². The van der Waals surface area contributed by atoms with Gasteiger partial charge in [0.1, 0.15) is 11.9 Å². The summed E-state index contributed by atoms with van der Waals surface area (Å²) in [7, 11) is 1.64. The fourth-order valence-corrected chi connectivity index (χ4v) is 4.62. The first-order chi connectivity index (χ1) is 15.0. The molecule has 0 saturated carbocycles. The molecule has 1 N–H and O–H groups in total. The van der Waals surface area contributed by atoms with Gasteiger partial charge in [-0.05, 0) is 31.2 Å². The Balaban J connectivity index is 1.45. The van der Waals surface area contributed by atoms with Crippen molar-refractivity contribution in [1.82, 2.24) is 19.2 Å². The van der Waals surface area contributed by atoms with Crippen molar-refractivity contribution in [2.24, 2.45) is 13.0 Å². The lowest BCUT2D eigenvalue weighted by atomic mass is 9.84. The van der Waals surface area contributed by atoms with E-state index in [9.17, 15) is 18.4 Å². The number of aryl methyl sites for hydroxylation is 1. The maximum absolute atomic E-state index is 13.9. The van der Waals surface area contributed by atoms with Crippen LogP contribution in [0.15, 0.2) is 29.2 Å². The second kappa shape index (κ2) is 8.33. The van der Waals surface area contributed by atoms with Gasteiger partial charge in [-0.3, -0.25) is 9.59 Å². The lowest BCUT2D eigenvalue weighted by Gasteiger charge is -2.40. The Bertz CT molecular complexity index is 1050. The molecule has 0 aromatic carbocycles. The average molecular weight is 448 g/mol. The zero-order valence-corrected chi connectivity index (χ0v) is 19.0. The highest BCUT2D eigenvalue weighted by molar-refractivity contribution is 5.94. The van der Waals surface area contributed by atoms with Gasteiger partial charge in [-0.1, -0.05) is 20.8 Å². The number of nitrogens with one attached hydrogen (secondary N) is 1. The number of pyridine rings is 1. The average Bonchev–Trinajstić information content (AvgIpc) is 3.19. The summed E-state index contributed by atoms with van der Waals surface area (Å²) in [5.41, 5.74) is 0.735. The number of likely N-dealkylation sites (tertiary alicyclic amines) is 1. The predicted octanol–water partition coefficient (Wildman–Crippen LogP) is 3.42. The third kappa shape index (κ3) is 4.29. The van der Waals surface area contributed by atoms with Gasteiger partial charge >= 0.3 is 0 Å². The highest BCUT2D eigenvalue weighted by atomic mass is 19.3. The van der Waals surface area contributed by atoms with E-state index in [-0.39, 0.29) is 28.8 Å². The number of fused-ring (bicyclic) bond motifs is 1.